The van der Waals surface area contributed by atoms with Crippen molar-refractivity contribution in [3.05, 3.63) is 34.9 Å². The summed E-state index contributed by atoms with van der Waals surface area (Å²) in [7, 11) is 3.71. The first-order chi connectivity index (χ1) is 14.0. The number of H-pyrrole nitrogens is 1. The van der Waals surface area contributed by atoms with Crippen molar-refractivity contribution in [2.24, 2.45) is 0 Å². The van der Waals surface area contributed by atoms with E-state index in [1.165, 1.54) is 0 Å². The number of ether oxygens (including phenoxy) is 1. The predicted molar refractivity (Wildman–Crippen MR) is 116 cm³/mol. The maximum Gasteiger partial charge on any atom is 0.257 e. The minimum absolute atomic E-state index is 0.0101. The molecule has 0 saturated carbocycles. The minimum atomic E-state index is -0.170. The number of likely N-dealkylation sites (N-methyl/N-ethyl adjacent to an activating group) is 2. The van der Waals surface area contributed by atoms with E-state index in [1.807, 2.05) is 24.3 Å². The van der Waals surface area contributed by atoms with E-state index in [0.717, 1.165) is 46.6 Å². The smallest absolute Gasteiger partial charge is 0.257 e. The van der Waals surface area contributed by atoms with Gasteiger partial charge in [0.15, 0.2) is 12.3 Å². The van der Waals surface area contributed by atoms with Gasteiger partial charge < -0.3 is 25.3 Å². The van der Waals surface area contributed by atoms with Gasteiger partial charge in [0.05, 0.1) is 10.2 Å². The molecular weight excluding hydrogens is 436 g/mol. The Bertz CT molecular complexity index is 1020. The van der Waals surface area contributed by atoms with Gasteiger partial charge in [-0.2, -0.15) is 0 Å². The Kier molecular flexibility index (Phi) is 5.68. The van der Waals surface area contributed by atoms with Crippen LogP contribution in [0, 0.1) is 0 Å². The lowest BCUT2D eigenvalue weighted by Crippen LogP contribution is -2.24. The molecule has 1 aliphatic rings. The largest absolute Gasteiger partial charge is 0.484 e. The third-order valence-corrected chi connectivity index (χ3v) is 5.59. The van der Waals surface area contributed by atoms with Crippen LogP contribution in [0.4, 0.5) is 5.69 Å². The summed E-state index contributed by atoms with van der Waals surface area (Å²) in [4.78, 5) is 26.1. The average molecular weight is 459 g/mol. The summed E-state index contributed by atoms with van der Waals surface area (Å²) in [6.45, 7) is 2.09. The summed E-state index contributed by atoms with van der Waals surface area (Å²) in [6.07, 6.45) is 2.88. The lowest BCUT2D eigenvalue weighted by Gasteiger charge is -2.15. The summed E-state index contributed by atoms with van der Waals surface area (Å²) >= 11 is 3.61. The number of hydrogen-bond donors (Lipinski definition) is 3. The molecule has 1 aromatic carbocycles. The maximum atomic E-state index is 11.3. The lowest BCUT2D eigenvalue weighted by atomic mass is 10.2. The molecule has 0 unspecified atom stereocenters. The van der Waals surface area contributed by atoms with Gasteiger partial charge in [-0.05, 0) is 60.2 Å². The van der Waals surface area contributed by atoms with Crippen molar-refractivity contribution in [3.8, 4) is 17.1 Å². The Hall–Kier alpha value is -2.65. The molecule has 1 saturated heterocycles. The normalized spacial score (nSPS) is 16.9. The second-order valence-electron chi connectivity index (χ2n) is 7.14. The van der Waals surface area contributed by atoms with E-state index in [9.17, 15) is 4.79 Å². The highest BCUT2D eigenvalue weighted by Gasteiger charge is 2.22. The third kappa shape index (κ3) is 4.35. The summed E-state index contributed by atoms with van der Waals surface area (Å²) in [6, 6.07) is 7.85. The number of pyridine rings is 1. The second-order valence-corrected chi connectivity index (χ2v) is 8.00. The van der Waals surface area contributed by atoms with Gasteiger partial charge in [-0.3, -0.25) is 4.79 Å². The van der Waals surface area contributed by atoms with Crippen LogP contribution in [0.5, 0.6) is 5.75 Å². The number of aromatic amines is 1. The number of aromatic nitrogens is 3. The molecular formula is C20H23BrN6O2. The molecule has 0 spiro atoms. The molecule has 2 aromatic heterocycles. The Labute approximate surface area is 177 Å². The fourth-order valence-corrected chi connectivity index (χ4v) is 3.81. The molecule has 4 rings (SSSR count). The van der Waals surface area contributed by atoms with Gasteiger partial charge in [0.2, 0.25) is 0 Å². The number of fused-ring (bicyclic) bond motifs is 1. The molecule has 1 amide bonds. The van der Waals surface area contributed by atoms with Crippen molar-refractivity contribution in [1.82, 2.24) is 25.2 Å². The van der Waals surface area contributed by atoms with Crippen molar-refractivity contribution in [3.63, 3.8) is 0 Å². The van der Waals surface area contributed by atoms with Gasteiger partial charge in [-0.15, -0.1) is 0 Å². The molecule has 0 radical (unpaired) electrons. The van der Waals surface area contributed by atoms with Crippen LogP contribution in [0.1, 0.15) is 6.42 Å². The van der Waals surface area contributed by atoms with E-state index >= 15 is 0 Å². The summed E-state index contributed by atoms with van der Waals surface area (Å²) in [5.41, 5.74) is 3.44. The van der Waals surface area contributed by atoms with E-state index in [2.05, 4.69) is 53.5 Å². The van der Waals surface area contributed by atoms with E-state index in [1.54, 1.807) is 13.2 Å². The molecule has 3 aromatic rings. The standard InChI is InChI=1S/C20H23BrN6O2/c1-22-16(28)11-29-14-5-3-12(4-6-14)19-25-18-17(15(21)9-23-20(18)26-19)24-13-7-8-27(2)10-13/h3-6,9,13H,7-8,10-11H2,1-2H3,(H,22,28)(H2,23,24,25,26)/t13-/m0/s1. The zero-order valence-electron chi connectivity index (χ0n) is 16.3. The van der Waals surface area contributed by atoms with Gasteiger partial charge in [0, 0.05) is 31.4 Å². The topological polar surface area (TPSA) is 95.2 Å². The Morgan fingerprint density at radius 1 is 1.38 bits per heavy atom. The monoisotopic (exact) mass is 458 g/mol. The fourth-order valence-electron chi connectivity index (χ4n) is 3.40. The molecule has 8 nitrogen and oxygen atoms in total. The molecule has 0 aliphatic carbocycles. The third-order valence-electron chi connectivity index (χ3n) is 4.99. The van der Waals surface area contributed by atoms with Crippen molar-refractivity contribution in [2.75, 3.05) is 39.1 Å². The molecule has 3 heterocycles. The Balaban J connectivity index is 1.57. The van der Waals surface area contributed by atoms with E-state index < -0.39 is 0 Å². The van der Waals surface area contributed by atoms with Crippen LogP contribution >= 0.6 is 15.9 Å². The second kappa shape index (κ2) is 8.38. The van der Waals surface area contributed by atoms with Gasteiger partial charge in [-0.1, -0.05) is 0 Å². The van der Waals surface area contributed by atoms with Gasteiger partial charge in [0.25, 0.3) is 5.91 Å². The molecule has 9 heteroatoms. The molecule has 1 fully saturated rings. The average Bonchev–Trinajstić information content (AvgIpc) is 3.35. The van der Waals surface area contributed by atoms with Gasteiger partial charge in [-0.25, -0.2) is 9.97 Å². The zero-order valence-corrected chi connectivity index (χ0v) is 17.9. The number of carbonyl (C=O) groups excluding carboxylic acids is 1. The number of nitrogens with zero attached hydrogens (tertiary/aromatic N) is 3. The van der Waals surface area contributed by atoms with E-state index in [0.29, 0.717) is 17.4 Å². The number of amides is 1. The number of benzene rings is 1. The van der Waals surface area contributed by atoms with Crippen LogP contribution in [0.2, 0.25) is 0 Å². The number of nitrogens with one attached hydrogen (secondary N) is 3. The van der Waals surface area contributed by atoms with Crippen LogP contribution in [0.25, 0.3) is 22.6 Å². The first kappa shape index (κ1) is 19.7. The van der Waals surface area contributed by atoms with Crippen LogP contribution < -0.4 is 15.4 Å². The number of halogens is 1. The van der Waals surface area contributed by atoms with Gasteiger partial charge in [0.1, 0.15) is 17.1 Å². The molecule has 0 bridgehead atoms. The summed E-state index contributed by atoms with van der Waals surface area (Å²) < 4.78 is 6.36. The van der Waals surface area contributed by atoms with Gasteiger partial charge >= 0.3 is 0 Å². The first-order valence-electron chi connectivity index (χ1n) is 9.46. The number of rotatable bonds is 6. The Morgan fingerprint density at radius 3 is 2.86 bits per heavy atom. The molecule has 152 valence electrons. The predicted octanol–water partition coefficient (Wildman–Crippen LogP) is 2.63. The van der Waals surface area contributed by atoms with Crippen molar-refractivity contribution in [2.45, 2.75) is 12.5 Å². The fraction of sp³-hybridized carbons (Fsp3) is 0.350. The van der Waals surface area contributed by atoms with Crippen LogP contribution in [0.3, 0.4) is 0 Å². The summed E-state index contributed by atoms with van der Waals surface area (Å²) in [5, 5.41) is 6.16. The summed E-state index contributed by atoms with van der Waals surface area (Å²) in [5.74, 6) is 1.19. The molecule has 1 aliphatic heterocycles. The number of anilines is 1. The first-order valence-corrected chi connectivity index (χ1v) is 10.3. The van der Waals surface area contributed by atoms with Crippen molar-refractivity contribution >= 4 is 38.7 Å². The SMILES string of the molecule is CNC(=O)COc1ccc(-c2nc3ncc(Br)c(N[C@H]4CCN(C)C4)c3[nH]2)cc1. The number of imidazole rings is 1. The number of hydrogen-bond acceptors (Lipinski definition) is 6. The highest BCUT2D eigenvalue weighted by Crippen LogP contribution is 2.32. The lowest BCUT2D eigenvalue weighted by molar-refractivity contribution is -0.122. The molecule has 3 N–H and O–H groups in total. The Morgan fingerprint density at radius 2 is 2.17 bits per heavy atom. The van der Waals surface area contributed by atoms with Crippen LogP contribution in [0.15, 0.2) is 34.9 Å². The zero-order chi connectivity index (χ0) is 20.4. The van der Waals surface area contributed by atoms with Crippen molar-refractivity contribution < 1.29 is 9.53 Å². The number of carbonyl (C=O) groups is 1. The van der Waals surface area contributed by atoms with Crippen molar-refractivity contribution in [1.29, 1.82) is 0 Å². The van der Waals surface area contributed by atoms with E-state index in [4.69, 9.17) is 4.74 Å². The minimum Gasteiger partial charge on any atom is -0.484 e. The van der Waals surface area contributed by atoms with E-state index in [-0.39, 0.29) is 12.5 Å². The highest BCUT2D eigenvalue weighted by atomic mass is 79.9. The molecule has 29 heavy (non-hydrogen) atoms. The van der Waals surface area contributed by atoms with Crippen LogP contribution in [-0.4, -0.2) is 65.6 Å². The maximum absolute atomic E-state index is 11.3. The number of likely N-dealkylation sites (tertiary alicyclic amines) is 1. The molecule has 1 atom stereocenters. The highest BCUT2D eigenvalue weighted by molar-refractivity contribution is 9.10. The van der Waals surface area contributed by atoms with Crippen LogP contribution in [-0.2, 0) is 4.79 Å². The quantitative estimate of drug-likeness (QED) is 0.525.